The van der Waals surface area contributed by atoms with E-state index in [1.807, 2.05) is 18.5 Å². The molecule has 0 saturated heterocycles. The summed E-state index contributed by atoms with van der Waals surface area (Å²) >= 11 is 0. The van der Waals surface area contributed by atoms with Crippen LogP contribution in [0.5, 0.6) is 5.75 Å². The van der Waals surface area contributed by atoms with Crippen LogP contribution in [0.2, 0.25) is 0 Å². The first-order valence-electron chi connectivity index (χ1n) is 9.65. The van der Waals surface area contributed by atoms with Gasteiger partial charge < -0.3 is 15.7 Å². The molecule has 0 saturated carbocycles. The largest absolute Gasteiger partial charge is 0.507 e. The number of aryl methyl sites for hydroxylation is 1. The topological polar surface area (TPSA) is 96.3 Å². The maximum Gasteiger partial charge on any atom is 0.255 e. The number of hydrogen-bond donors (Lipinski definition) is 3. The molecular formula is C21H30N4O3. The number of benzene rings is 1. The van der Waals surface area contributed by atoms with Gasteiger partial charge in [0, 0.05) is 31.7 Å². The molecule has 0 bridgehead atoms. The SMILES string of the molecule is Cc1nn(CC(C)C)c(C)c1CCC(=O)NCCNC(=O)c1ccccc1O. The molecule has 0 aliphatic carbocycles. The van der Waals surface area contributed by atoms with Gasteiger partial charge in [0.15, 0.2) is 0 Å². The number of amides is 2. The van der Waals surface area contributed by atoms with Crippen molar-refractivity contribution in [3.63, 3.8) is 0 Å². The number of carbonyl (C=O) groups is 2. The van der Waals surface area contributed by atoms with Gasteiger partial charge in [0.05, 0.1) is 11.3 Å². The average molecular weight is 386 g/mol. The number of hydrogen-bond acceptors (Lipinski definition) is 4. The van der Waals surface area contributed by atoms with Gasteiger partial charge in [-0.25, -0.2) is 0 Å². The molecular weight excluding hydrogens is 356 g/mol. The van der Waals surface area contributed by atoms with Crippen molar-refractivity contribution in [3.05, 3.63) is 46.8 Å². The first kappa shape index (κ1) is 21.5. The summed E-state index contributed by atoms with van der Waals surface area (Å²) in [6.45, 7) is 9.83. The number of carbonyl (C=O) groups excluding carboxylic acids is 2. The number of para-hydroxylation sites is 1. The van der Waals surface area contributed by atoms with Crippen molar-refractivity contribution < 1.29 is 14.7 Å². The molecule has 1 heterocycles. The number of aromatic nitrogens is 2. The number of rotatable bonds is 9. The van der Waals surface area contributed by atoms with Crippen molar-refractivity contribution in [3.8, 4) is 5.75 Å². The molecule has 2 aromatic rings. The van der Waals surface area contributed by atoms with E-state index in [1.54, 1.807) is 18.2 Å². The second kappa shape index (κ2) is 9.92. The standard InChI is InChI=1S/C21H30N4O3/c1-14(2)13-25-16(4)17(15(3)24-25)9-10-20(27)22-11-12-23-21(28)18-7-5-6-8-19(18)26/h5-8,14,26H,9-13H2,1-4H3,(H,22,27)(H,23,28). The maximum absolute atomic E-state index is 12.1. The van der Waals surface area contributed by atoms with Crippen LogP contribution in [0.1, 0.15) is 47.6 Å². The molecule has 0 aliphatic rings. The minimum Gasteiger partial charge on any atom is -0.507 e. The summed E-state index contributed by atoms with van der Waals surface area (Å²) in [6, 6.07) is 6.35. The summed E-state index contributed by atoms with van der Waals surface area (Å²) in [5, 5.41) is 19.7. The van der Waals surface area contributed by atoms with Crippen molar-refractivity contribution in [1.29, 1.82) is 0 Å². The molecule has 3 N–H and O–H groups in total. The summed E-state index contributed by atoms with van der Waals surface area (Å²) in [5.41, 5.74) is 3.44. The van der Waals surface area contributed by atoms with E-state index in [0.717, 1.165) is 23.5 Å². The van der Waals surface area contributed by atoms with Crippen molar-refractivity contribution in [2.45, 2.75) is 47.1 Å². The molecule has 0 radical (unpaired) electrons. The lowest BCUT2D eigenvalue weighted by Gasteiger charge is -2.09. The number of nitrogens with one attached hydrogen (secondary N) is 2. The Bertz CT molecular complexity index is 827. The minimum atomic E-state index is -0.365. The van der Waals surface area contributed by atoms with Crippen LogP contribution in [0.4, 0.5) is 0 Å². The molecule has 0 aliphatic heterocycles. The molecule has 7 nitrogen and oxygen atoms in total. The van der Waals surface area contributed by atoms with Gasteiger partial charge in [-0.2, -0.15) is 5.10 Å². The Hall–Kier alpha value is -2.83. The lowest BCUT2D eigenvalue weighted by Crippen LogP contribution is -2.34. The summed E-state index contributed by atoms with van der Waals surface area (Å²) in [5.74, 6) is 0.0262. The molecule has 0 fully saturated rings. The van der Waals surface area contributed by atoms with Crippen LogP contribution < -0.4 is 10.6 Å². The van der Waals surface area contributed by atoms with E-state index in [1.165, 1.54) is 6.07 Å². The molecule has 0 atom stereocenters. The highest BCUT2D eigenvalue weighted by atomic mass is 16.3. The highest BCUT2D eigenvalue weighted by Gasteiger charge is 2.14. The third kappa shape index (κ3) is 5.84. The lowest BCUT2D eigenvalue weighted by molar-refractivity contribution is -0.121. The summed E-state index contributed by atoms with van der Waals surface area (Å²) in [6.07, 6.45) is 1.02. The Balaban J connectivity index is 1.74. The van der Waals surface area contributed by atoms with Crippen LogP contribution >= 0.6 is 0 Å². The van der Waals surface area contributed by atoms with Gasteiger partial charge in [-0.3, -0.25) is 14.3 Å². The van der Waals surface area contributed by atoms with E-state index in [9.17, 15) is 14.7 Å². The fraction of sp³-hybridized carbons (Fsp3) is 0.476. The number of nitrogens with zero attached hydrogens (tertiary/aromatic N) is 2. The van der Waals surface area contributed by atoms with E-state index in [0.29, 0.717) is 31.8 Å². The highest BCUT2D eigenvalue weighted by molar-refractivity contribution is 5.96. The molecule has 28 heavy (non-hydrogen) atoms. The average Bonchev–Trinajstić information content (AvgIpc) is 2.89. The van der Waals surface area contributed by atoms with Gasteiger partial charge in [-0.15, -0.1) is 0 Å². The van der Waals surface area contributed by atoms with Crippen LogP contribution in [0, 0.1) is 19.8 Å². The lowest BCUT2D eigenvalue weighted by atomic mass is 10.1. The minimum absolute atomic E-state index is 0.0622. The predicted octanol–water partition coefficient (Wildman–Crippen LogP) is 2.34. The normalized spacial score (nSPS) is 10.9. The second-order valence-electron chi connectivity index (χ2n) is 7.35. The van der Waals surface area contributed by atoms with E-state index >= 15 is 0 Å². The van der Waals surface area contributed by atoms with Crippen molar-refractivity contribution in [2.75, 3.05) is 13.1 Å². The fourth-order valence-corrected chi connectivity index (χ4v) is 3.09. The Morgan fingerprint density at radius 1 is 1.14 bits per heavy atom. The zero-order chi connectivity index (χ0) is 20.7. The van der Waals surface area contributed by atoms with Crippen LogP contribution in [0.3, 0.4) is 0 Å². The Morgan fingerprint density at radius 2 is 1.82 bits per heavy atom. The Kier molecular flexibility index (Phi) is 7.61. The number of phenolic OH excluding ortho intramolecular Hbond substituents is 1. The van der Waals surface area contributed by atoms with Crippen LogP contribution in [-0.4, -0.2) is 39.8 Å². The Labute approximate surface area is 166 Å². The monoisotopic (exact) mass is 386 g/mol. The van der Waals surface area contributed by atoms with E-state index in [2.05, 4.69) is 29.6 Å². The highest BCUT2D eigenvalue weighted by Crippen LogP contribution is 2.17. The van der Waals surface area contributed by atoms with Crippen molar-refractivity contribution in [2.24, 2.45) is 5.92 Å². The first-order valence-corrected chi connectivity index (χ1v) is 9.65. The van der Waals surface area contributed by atoms with Crippen LogP contribution in [-0.2, 0) is 17.8 Å². The van der Waals surface area contributed by atoms with Gasteiger partial charge in [0.1, 0.15) is 5.75 Å². The molecule has 0 spiro atoms. The molecule has 1 aromatic heterocycles. The van der Waals surface area contributed by atoms with Gasteiger partial charge in [0.2, 0.25) is 5.91 Å². The van der Waals surface area contributed by atoms with Gasteiger partial charge in [0.25, 0.3) is 5.91 Å². The van der Waals surface area contributed by atoms with Crippen LogP contribution in [0.25, 0.3) is 0 Å². The maximum atomic E-state index is 12.1. The van der Waals surface area contributed by atoms with Gasteiger partial charge >= 0.3 is 0 Å². The van der Waals surface area contributed by atoms with Crippen molar-refractivity contribution in [1.82, 2.24) is 20.4 Å². The van der Waals surface area contributed by atoms with Gasteiger partial charge in [-0.1, -0.05) is 26.0 Å². The summed E-state index contributed by atoms with van der Waals surface area (Å²) < 4.78 is 2.02. The first-order chi connectivity index (χ1) is 13.3. The summed E-state index contributed by atoms with van der Waals surface area (Å²) in [7, 11) is 0. The second-order valence-corrected chi connectivity index (χ2v) is 7.35. The third-order valence-corrected chi connectivity index (χ3v) is 4.55. The molecule has 0 unspecified atom stereocenters. The molecule has 2 rings (SSSR count). The molecule has 2 amide bonds. The van der Waals surface area contributed by atoms with E-state index in [4.69, 9.17) is 0 Å². The zero-order valence-corrected chi connectivity index (χ0v) is 17.1. The Morgan fingerprint density at radius 3 is 2.50 bits per heavy atom. The summed E-state index contributed by atoms with van der Waals surface area (Å²) in [4.78, 5) is 24.1. The van der Waals surface area contributed by atoms with Gasteiger partial charge in [-0.05, 0) is 43.9 Å². The third-order valence-electron chi connectivity index (χ3n) is 4.55. The van der Waals surface area contributed by atoms with E-state index < -0.39 is 0 Å². The predicted molar refractivity (Wildman–Crippen MR) is 108 cm³/mol. The molecule has 7 heteroatoms. The van der Waals surface area contributed by atoms with E-state index in [-0.39, 0.29) is 23.1 Å². The fourth-order valence-electron chi connectivity index (χ4n) is 3.09. The zero-order valence-electron chi connectivity index (χ0n) is 17.1. The van der Waals surface area contributed by atoms with Crippen LogP contribution in [0.15, 0.2) is 24.3 Å². The smallest absolute Gasteiger partial charge is 0.255 e. The van der Waals surface area contributed by atoms with Crippen molar-refractivity contribution >= 4 is 11.8 Å². The number of aromatic hydroxyl groups is 1. The molecule has 1 aromatic carbocycles. The molecule has 152 valence electrons. The quantitative estimate of drug-likeness (QED) is 0.576. The number of phenols is 1.